The normalized spacial score (nSPS) is 15.5. The molecule has 2 nitrogen and oxygen atoms in total. The van der Waals surface area contributed by atoms with Gasteiger partial charge in [-0.3, -0.25) is 4.79 Å². The molecule has 2 heteroatoms. The summed E-state index contributed by atoms with van der Waals surface area (Å²) < 4.78 is 5.93. The number of rotatable bonds is 6. The zero-order valence-corrected chi connectivity index (χ0v) is 15.1. The summed E-state index contributed by atoms with van der Waals surface area (Å²) in [5.41, 5.74) is 6.76. The molecule has 0 radical (unpaired) electrons. The summed E-state index contributed by atoms with van der Waals surface area (Å²) >= 11 is 0. The molecular weight excluding hydrogens is 308 g/mol. The summed E-state index contributed by atoms with van der Waals surface area (Å²) in [7, 11) is 0. The Bertz CT molecular complexity index is 814. The van der Waals surface area contributed by atoms with E-state index in [-0.39, 0.29) is 0 Å². The highest BCUT2D eigenvalue weighted by Crippen LogP contribution is 2.36. The van der Waals surface area contributed by atoms with Crippen LogP contribution < -0.4 is 4.74 Å². The molecule has 0 bridgehead atoms. The number of aldehydes is 1. The molecule has 0 aliphatic carbocycles. The molecule has 0 saturated carbocycles. The molecule has 0 N–H and O–H groups in total. The highest BCUT2D eigenvalue weighted by Gasteiger charge is 2.18. The monoisotopic (exact) mass is 332 g/mol. The minimum atomic E-state index is 0.569. The van der Waals surface area contributed by atoms with Crippen LogP contribution in [0.2, 0.25) is 0 Å². The molecule has 25 heavy (non-hydrogen) atoms. The Morgan fingerprint density at radius 1 is 1.20 bits per heavy atom. The molecule has 1 heterocycles. The van der Waals surface area contributed by atoms with Gasteiger partial charge in [0.25, 0.3) is 0 Å². The van der Waals surface area contributed by atoms with E-state index in [2.05, 4.69) is 32.6 Å². The molecule has 0 unspecified atom stereocenters. The van der Waals surface area contributed by atoms with Crippen LogP contribution in [0.4, 0.5) is 0 Å². The van der Waals surface area contributed by atoms with Gasteiger partial charge in [-0.15, -0.1) is 0 Å². The number of fused-ring (bicyclic) bond motifs is 1. The molecular formula is C23H24O2. The minimum Gasteiger partial charge on any atom is -0.488 e. The van der Waals surface area contributed by atoms with E-state index in [1.807, 2.05) is 43.4 Å². The Morgan fingerprint density at radius 2 is 2.00 bits per heavy atom. The van der Waals surface area contributed by atoms with Crippen LogP contribution in [0.1, 0.15) is 31.9 Å². The maximum Gasteiger partial charge on any atom is 0.143 e. The van der Waals surface area contributed by atoms with Crippen molar-refractivity contribution in [3.63, 3.8) is 0 Å². The fourth-order valence-corrected chi connectivity index (χ4v) is 2.69. The average Bonchev–Trinajstić information content (AvgIpc) is 2.60. The number of hydrogen-bond acceptors (Lipinski definition) is 2. The Kier molecular flexibility index (Phi) is 6.53. The largest absolute Gasteiger partial charge is 0.488 e. The Morgan fingerprint density at radius 3 is 2.72 bits per heavy atom. The minimum absolute atomic E-state index is 0.569. The highest BCUT2D eigenvalue weighted by molar-refractivity contribution is 5.78. The Hall–Kier alpha value is -2.87. The van der Waals surface area contributed by atoms with Crippen molar-refractivity contribution in [3.05, 3.63) is 89.1 Å². The van der Waals surface area contributed by atoms with E-state index in [1.54, 1.807) is 12.2 Å². The number of benzene rings is 1. The van der Waals surface area contributed by atoms with E-state index in [0.717, 1.165) is 34.3 Å². The van der Waals surface area contributed by atoms with Gasteiger partial charge in [0, 0.05) is 5.56 Å². The van der Waals surface area contributed by atoms with Gasteiger partial charge in [-0.05, 0) is 66.8 Å². The van der Waals surface area contributed by atoms with Crippen LogP contribution in [0.5, 0.6) is 5.75 Å². The third kappa shape index (κ3) is 4.80. The second kappa shape index (κ2) is 8.84. The van der Waals surface area contributed by atoms with Crippen molar-refractivity contribution in [1.82, 2.24) is 0 Å². The first-order valence-electron chi connectivity index (χ1n) is 8.30. The van der Waals surface area contributed by atoms with Gasteiger partial charge >= 0.3 is 0 Å². The molecule has 0 aromatic heterocycles. The molecule has 0 fully saturated rings. The summed E-state index contributed by atoms with van der Waals surface area (Å²) in [4.78, 5) is 10.5. The molecule has 0 amide bonds. The van der Waals surface area contributed by atoms with Crippen molar-refractivity contribution < 1.29 is 9.53 Å². The lowest BCUT2D eigenvalue weighted by Gasteiger charge is -2.23. The quantitative estimate of drug-likeness (QED) is 0.379. The van der Waals surface area contributed by atoms with Crippen molar-refractivity contribution in [1.29, 1.82) is 0 Å². The standard InChI is InChI=1S/C23H24O2/c1-5-6-10-20-11-12-23-21(15-20)19(4)22(16-25-23)18(3)9-7-8-17(2)13-14-24/h5-15H,1,16H2,2-4H3/b8-7+,10-6+,17-13+,18-9+. The zero-order valence-electron chi connectivity index (χ0n) is 15.1. The molecule has 0 saturated heterocycles. The summed E-state index contributed by atoms with van der Waals surface area (Å²) in [5, 5.41) is 0. The highest BCUT2D eigenvalue weighted by atomic mass is 16.5. The third-order valence-electron chi connectivity index (χ3n) is 4.17. The first-order valence-corrected chi connectivity index (χ1v) is 8.30. The molecule has 1 aliphatic rings. The lowest BCUT2D eigenvalue weighted by molar-refractivity contribution is -0.104. The van der Waals surface area contributed by atoms with Gasteiger partial charge < -0.3 is 4.74 Å². The fraction of sp³-hybridized carbons (Fsp3) is 0.174. The first-order chi connectivity index (χ1) is 12.1. The Labute approximate surface area is 150 Å². The van der Waals surface area contributed by atoms with Crippen molar-refractivity contribution >= 4 is 17.9 Å². The molecule has 1 aromatic carbocycles. The van der Waals surface area contributed by atoms with Crippen molar-refractivity contribution in [2.24, 2.45) is 0 Å². The van der Waals surface area contributed by atoms with E-state index < -0.39 is 0 Å². The summed E-state index contributed by atoms with van der Waals surface area (Å²) in [6, 6.07) is 6.21. The van der Waals surface area contributed by atoms with E-state index in [9.17, 15) is 4.79 Å². The number of carbonyl (C=O) groups excluding carboxylic acids is 1. The molecule has 1 aromatic rings. The second-order valence-corrected chi connectivity index (χ2v) is 6.00. The third-order valence-corrected chi connectivity index (χ3v) is 4.17. The van der Waals surface area contributed by atoms with E-state index in [4.69, 9.17) is 4.74 Å². The Balaban J connectivity index is 2.33. The van der Waals surface area contributed by atoms with Crippen LogP contribution in [0.25, 0.3) is 11.6 Å². The van der Waals surface area contributed by atoms with Crippen LogP contribution in [-0.2, 0) is 4.79 Å². The van der Waals surface area contributed by atoms with Crippen LogP contribution >= 0.6 is 0 Å². The predicted molar refractivity (Wildman–Crippen MR) is 106 cm³/mol. The molecule has 128 valence electrons. The summed E-state index contributed by atoms with van der Waals surface area (Å²) in [6.07, 6.45) is 14.0. The van der Waals surface area contributed by atoms with Crippen LogP contribution in [-0.4, -0.2) is 12.9 Å². The van der Waals surface area contributed by atoms with Crippen molar-refractivity contribution in [2.75, 3.05) is 6.61 Å². The van der Waals surface area contributed by atoms with Gasteiger partial charge in [0.05, 0.1) is 0 Å². The zero-order chi connectivity index (χ0) is 18.2. The lowest BCUT2D eigenvalue weighted by atomic mass is 9.93. The molecule has 2 rings (SSSR count). The fourth-order valence-electron chi connectivity index (χ4n) is 2.69. The number of allylic oxidation sites excluding steroid dienone is 8. The molecule has 0 atom stereocenters. The van der Waals surface area contributed by atoms with Gasteiger partial charge in [-0.2, -0.15) is 0 Å². The summed E-state index contributed by atoms with van der Waals surface area (Å²) in [5.74, 6) is 0.921. The van der Waals surface area contributed by atoms with Crippen LogP contribution in [0.15, 0.2) is 78.0 Å². The first kappa shape index (κ1) is 18.5. The predicted octanol–water partition coefficient (Wildman–Crippen LogP) is 5.70. The molecule has 0 spiro atoms. The van der Waals surface area contributed by atoms with E-state index in [0.29, 0.717) is 6.61 Å². The molecule has 1 aliphatic heterocycles. The lowest BCUT2D eigenvalue weighted by Crippen LogP contribution is -2.11. The number of hydrogen-bond donors (Lipinski definition) is 0. The SMILES string of the molecule is C=C/C=C/c1ccc2c(c1)C(C)=C(/C(C)=C/C=C/C(C)=C/C=O)CO2. The smallest absolute Gasteiger partial charge is 0.143 e. The summed E-state index contributed by atoms with van der Waals surface area (Å²) in [6.45, 7) is 10.4. The van der Waals surface area contributed by atoms with Crippen molar-refractivity contribution in [2.45, 2.75) is 20.8 Å². The van der Waals surface area contributed by atoms with Gasteiger partial charge in [-0.1, -0.05) is 49.1 Å². The maximum absolute atomic E-state index is 10.5. The average molecular weight is 332 g/mol. The van der Waals surface area contributed by atoms with Crippen molar-refractivity contribution in [3.8, 4) is 5.75 Å². The number of ether oxygens (including phenoxy) is 1. The topological polar surface area (TPSA) is 26.3 Å². The van der Waals surface area contributed by atoms with E-state index in [1.165, 1.54) is 11.1 Å². The van der Waals surface area contributed by atoms with Gasteiger partial charge in [0.1, 0.15) is 18.6 Å². The van der Waals surface area contributed by atoms with Gasteiger partial charge in [0.2, 0.25) is 0 Å². The number of carbonyl (C=O) groups is 1. The van der Waals surface area contributed by atoms with E-state index >= 15 is 0 Å². The van der Waals surface area contributed by atoms with Gasteiger partial charge in [-0.25, -0.2) is 0 Å². The van der Waals surface area contributed by atoms with Crippen LogP contribution in [0, 0.1) is 0 Å². The van der Waals surface area contributed by atoms with Gasteiger partial charge in [0.15, 0.2) is 0 Å². The maximum atomic E-state index is 10.5. The van der Waals surface area contributed by atoms with Crippen LogP contribution in [0.3, 0.4) is 0 Å². The second-order valence-electron chi connectivity index (χ2n) is 6.00.